The predicted octanol–water partition coefficient (Wildman–Crippen LogP) is 4.38. The van der Waals surface area contributed by atoms with Gasteiger partial charge in [-0.05, 0) is 35.9 Å². The normalized spacial score (nSPS) is 16.4. The number of aliphatic hydroxyl groups is 1. The summed E-state index contributed by atoms with van der Waals surface area (Å²) in [5.74, 6) is -1.59. The number of hydrogen-bond donors (Lipinski definition) is 1. The van der Waals surface area contributed by atoms with E-state index < -0.39 is 23.5 Å². The van der Waals surface area contributed by atoms with Crippen LogP contribution in [0.2, 0.25) is 5.02 Å². The van der Waals surface area contributed by atoms with Crippen molar-refractivity contribution in [1.29, 1.82) is 0 Å². The van der Waals surface area contributed by atoms with Crippen LogP contribution < -0.4 is 14.4 Å². The van der Waals surface area contributed by atoms with E-state index in [2.05, 4.69) is 0 Å². The quantitative estimate of drug-likeness (QED) is 0.752. The molecule has 1 atom stereocenters. The molecule has 1 unspecified atom stereocenters. The molecule has 0 saturated heterocycles. The van der Waals surface area contributed by atoms with Gasteiger partial charge in [0.1, 0.15) is 5.82 Å². The molecule has 2 aromatic carbocycles. The number of rotatable bonds is 6. The van der Waals surface area contributed by atoms with E-state index in [0.29, 0.717) is 17.1 Å². The van der Waals surface area contributed by atoms with Crippen LogP contribution in [0.3, 0.4) is 0 Å². The smallest absolute Gasteiger partial charge is 0.294 e. The van der Waals surface area contributed by atoms with Crippen molar-refractivity contribution < 1.29 is 28.6 Å². The number of hydrogen-bond acceptors (Lipinski definition) is 5. The van der Waals surface area contributed by atoms with E-state index in [9.17, 15) is 19.1 Å². The lowest BCUT2D eigenvalue weighted by Crippen LogP contribution is -2.31. The van der Waals surface area contributed by atoms with Gasteiger partial charge >= 0.3 is 0 Å². The zero-order chi connectivity index (χ0) is 21.3. The van der Waals surface area contributed by atoms with Gasteiger partial charge in [-0.3, -0.25) is 14.5 Å². The highest BCUT2D eigenvalue weighted by molar-refractivity contribution is 6.31. The van der Waals surface area contributed by atoms with Gasteiger partial charge in [0.15, 0.2) is 23.0 Å². The van der Waals surface area contributed by atoms with Gasteiger partial charge in [0.2, 0.25) is 0 Å². The zero-order valence-corrected chi connectivity index (χ0v) is 16.8. The molecular weight excluding hydrogens is 401 g/mol. The van der Waals surface area contributed by atoms with Crippen molar-refractivity contribution in [2.75, 3.05) is 19.1 Å². The second-order valence-electron chi connectivity index (χ2n) is 6.33. The number of methoxy groups -OCH3 is 2. The third kappa shape index (κ3) is 3.53. The number of nitrogens with zero attached hydrogens (tertiary/aromatic N) is 1. The molecular formula is C21H19ClFNO5. The molecule has 0 aliphatic carbocycles. The maximum Gasteiger partial charge on any atom is 0.294 e. The topological polar surface area (TPSA) is 76.1 Å². The second-order valence-corrected chi connectivity index (χ2v) is 6.74. The summed E-state index contributed by atoms with van der Waals surface area (Å²) < 4.78 is 24.2. The Morgan fingerprint density at radius 1 is 1.17 bits per heavy atom. The number of carbonyl (C=O) groups excluding carboxylic acids is 2. The summed E-state index contributed by atoms with van der Waals surface area (Å²) >= 11 is 5.89. The molecule has 1 aliphatic rings. The molecule has 0 saturated carbocycles. The highest BCUT2D eigenvalue weighted by Gasteiger charge is 2.44. The molecule has 3 rings (SSSR count). The maximum absolute atomic E-state index is 13.6. The van der Waals surface area contributed by atoms with Gasteiger partial charge in [0.25, 0.3) is 5.91 Å². The van der Waals surface area contributed by atoms with Crippen molar-refractivity contribution in [1.82, 2.24) is 0 Å². The molecule has 0 fully saturated rings. The van der Waals surface area contributed by atoms with Crippen LogP contribution in [0.15, 0.2) is 47.7 Å². The third-order valence-electron chi connectivity index (χ3n) is 4.73. The van der Waals surface area contributed by atoms with Crippen LogP contribution in [0.1, 0.15) is 24.9 Å². The van der Waals surface area contributed by atoms with Crippen LogP contribution in [-0.2, 0) is 9.59 Å². The molecule has 0 aromatic heterocycles. The minimum atomic E-state index is -0.934. The fraction of sp³-hybridized carbons (Fsp3) is 0.238. The van der Waals surface area contributed by atoms with Crippen molar-refractivity contribution >= 4 is 29.0 Å². The molecule has 1 amide bonds. The number of amides is 1. The Hall–Kier alpha value is -3.06. The van der Waals surface area contributed by atoms with E-state index in [4.69, 9.17) is 21.1 Å². The monoisotopic (exact) mass is 419 g/mol. The largest absolute Gasteiger partial charge is 0.503 e. The van der Waals surface area contributed by atoms with Crippen molar-refractivity contribution in [3.05, 3.63) is 64.1 Å². The molecule has 8 heteroatoms. The Kier molecular flexibility index (Phi) is 5.79. The molecule has 1 aliphatic heterocycles. The molecule has 29 heavy (non-hydrogen) atoms. The Morgan fingerprint density at radius 2 is 1.86 bits per heavy atom. The average Bonchev–Trinajstić information content (AvgIpc) is 2.99. The second kappa shape index (κ2) is 8.13. The SMILES string of the molecule is CCC(=O)C1=C(O)C(=O)N(c2ccc(F)c(Cl)c2)C1c1ccc(OC)c(OC)c1. The Balaban J connectivity index is 2.21. The van der Waals surface area contributed by atoms with E-state index in [0.717, 1.165) is 6.07 Å². The number of anilines is 1. The standard InChI is InChI=1S/C21H19ClFNO5/c1-4-15(25)18-19(11-5-8-16(28-2)17(9-11)29-3)24(21(27)20(18)26)12-6-7-14(23)13(22)10-12/h5-10,19,26H,4H2,1-3H3. The van der Waals surface area contributed by atoms with Crippen molar-refractivity contribution in [3.63, 3.8) is 0 Å². The number of ether oxygens (including phenoxy) is 2. The average molecular weight is 420 g/mol. The number of aliphatic hydroxyl groups excluding tert-OH is 1. The Labute approximate surface area is 172 Å². The summed E-state index contributed by atoms with van der Waals surface area (Å²) in [5, 5.41) is 10.3. The summed E-state index contributed by atoms with van der Waals surface area (Å²) in [5.41, 5.74) is 0.717. The third-order valence-corrected chi connectivity index (χ3v) is 5.02. The summed E-state index contributed by atoms with van der Waals surface area (Å²) in [4.78, 5) is 26.7. The molecule has 152 valence electrons. The fourth-order valence-corrected chi connectivity index (χ4v) is 3.49. The molecule has 1 heterocycles. The Bertz CT molecular complexity index is 1020. The van der Waals surface area contributed by atoms with E-state index in [1.54, 1.807) is 25.1 Å². The molecule has 0 bridgehead atoms. The summed E-state index contributed by atoms with van der Waals surface area (Å²) in [6.07, 6.45) is 0.0917. The lowest BCUT2D eigenvalue weighted by Gasteiger charge is -2.27. The maximum atomic E-state index is 13.6. The van der Waals surface area contributed by atoms with Gasteiger partial charge in [-0.25, -0.2) is 4.39 Å². The summed E-state index contributed by atoms with van der Waals surface area (Å²) in [7, 11) is 2.95. The van der Waals surface area contributed by atoms with Gasteiger partial charge in [-0.2, -0.15) is 0 Å². The van der Waals surface area contributed by atoms with Crippen molar-refractivity contribution in [2.45, 2.75) is 19.4 Å². The van der Waals surface area contributed by atoms with Gasteiger partial charge in [0, 0.05) is 12.1 Å². The minimum absolute atomic E-state index is 0.0369. The van der Waals surface area contributed by atoms with Crippen LogP contribution in [0.4, 0.5) is 10.1 Å². The summed E-state index contributed by atoms with van der Waals surface area (Å²) in [6.45, 7) is 1.64. The van der Waals surface area contributed by atoms with Gasteiger partial charge < -0.3 is 14.6 Å². The zero-order valence-electron chi connectivity index (χ0n) is 16.0. The van der Waals surface area contributed by atoms with Gasteiger partial charge in [0.05, 0.1) is 30.9 Å². The first-order valence-corrected chi connectivity index (χ1v) is 9.18. The fourth-order valence-electron chi connectivity index (χ4n) is 3.32. The van der Waals surface area contributed by atoms with Gasteiger partial charge in [-0.15, -0.1) is 0 Å². The van der Waals surface area contributed by atoms with Crippen LogP contribution in [0, 0.1) is 5.82 Å². The van der Waals surface area contributed by atoms with Crippen LogP contribution in [0.25, 0.3) is 0 Å². The first kappa shape index (κ1) is 20.7. The highest BCUT2D eigenvalue weighted by atomic mass is 35.5. The lowest BCUT2D eigenvalue weighted by molar-refractivity contribution is -0.118. The Morgan fingerprint density at radius 3 is 2.45 bits per heavy atom. The number of halogens is 2. The molecule has 0 radical (unpaired) electrons. The first-order valence-electron chi connectivity index (χ1n) is 8.80. The predicted molar refractivity (Wildman–Crippen MR) is 106 cm³/mol. The summed E-state index contributed by atoms with van der Waals surface area (Å²) in [6, 6.07) is 7.74. The van der Waals surface area contributed by atoms with E-state index in [1.165, 1.54) is 31.3 Å². The van der Waals surface area contributed by atoms with Crippen molar-refractivity contribution in [2.24, 2.45) is 0 Å². The van der Waals surface area contributed by atoms with E-state index in [-0.39, 0.29) is 28.5 Å². The van der Waals surface area contributed by atoms with E-state index >= 15 is 0 Å². The van der Waals surface area contributed by atoms with Gasteiger partial charge in [-0.1, -0.05) is 24.6 Å². The number of benzene rings is 2. The van der Waals surface area contributed by atoms with Crippen LogP contribution in [-0.4, -0.2) is 31.0 Å². The molecule has 2 aromatic rings. The van der Waals surface area contributed by atoms with Crippen LogP contribution >= 0.6 is 11.6 Å². The number of carbonyl (C=O) groups is 2. The minimum Gasteiger partial charge on any atom is -0.503 e. The number of ketones is 1. The molecule has 1 N–H and O–H groups in total. The van der Waals surface area contributed by atoms with Crippen LogP contribution in [0.5, 0.6) is 11.5 Å². The number of Topliss-reactive ketones (excluding diaryl/α,β-unsaturated/α-hetero) is 1. The lowest BCUT2D eigenvalue weighted by atomic mass is 9.94. The molecule has 0 spiro atoms. The molecule has 6 nitrogen and oxygen atoms in total. The first-order chi connectivity index (χ1) is 13.8. The van der Waals surface area contributed by atoms with Crippen molar-refractivity contribution in [3.8, 4) is 11.5 Å². The van der Waals surface area contributed by atoms with E-state index in [1.807, 2.05) is 0 Å². The highest BCUT2D eigenvalue weighted by Crippen LogP contribution is 2.43.